The van der Waals surface area contributed by atoms with Crippen LogP contribution < -0.4 is 10.6 Å². The summed E-state index contributed by atoms with van der Waals surface area (Å²) < 4.78 is 0.821. The van der Waals surface area contributed by atoms with Crippen LogP contribution in [0.4, 0.5) is 10.5 Å². The van der Waals surface area contributed by atoms with Gasteiger partial charge in [0.2, 0.25) is 5.91 Å². The van der Waals surface area contributed by atoms with Crippen molar-refractivity contribution in [2.75, 3.05) is 11.1 Å². The summed E-state index contributed by atoms with van der Waals surface area (Å²) in [7, 11) is 0. The quantitative estimate of drug-likeness (QED) is 0.874. The standard InChI is InChI=1S/C10H8BrClN2O2S/c11-5-1-2-6(12)7(3-5)13-9(15)8-4-17-10(16)14-8/h1-3,8H,4H2,(H,13,15)(H,14,16). The molecular weight excluding hydrogens is 328 g/mol. The van der Waals surface area contributed by atoms with Crippen LogP contribution in [0.3, 0.4) is 0 Å². The summed E-state index contributed by atoms with van der Waals surface area (Å²) in [5, 5.41) is 5.53. The van der Waals surface area contributed by atoms with Crippen LogP contribution in [0.5, 0.6) is 0 Å². The number of hydrogen-bond acceptors (Lipinski definition) is 3. The minimum Gasteiger partial charge on any atom is -0.334 e. The Morgan fingerprint density at radius 3 is 3.00 bits per heavy atom. The van der Waals surface area contributed by atoms with Crippen molar-refractivity contribution in [1.29, 1.82) is 0 Å². The number of hydrogen-bond donors (Lipinski definition) is 2. The van der Waals surface area contributed by atoms with Crippen LogP contribution in [0.1, 0.15) is 0 Å². The van der Waals surface area contributed by atoms with Crippen LogP contribution in [-0.4, -0.2) is 22.9 Å². The second kappa shape index (κ2) is 5.29. The van der Waals surface area contributed by atoms with Crippen LogP contribution in [0.25, 0.3) is 0 Å². The molecule has 0 spiro atoms. The van der Waals surface area contributed by atoms with Crippen molar-refractivity contribution in [2.24, 2.45) is 0 Å². The Balaban J connectivity index is 2.07. The molecule has 0 radical (unpaired) electrons. The number of benzene rings is 1. The van der Waals surface area contributed by atoms with Crippen LogP contribution in [0.15, 0.2) is 22.7 Å². The number of anilines is 1. The Morgan fingerprint density at radius 1 is 1.59 bits per heavy atom. The monoisotopic (exact) mass is 334 g/mol. The fourth-order valence-electron chi connectivity index (χ4n) is 1.34. The highest BCUT2D eigenvalue weighted by Crippen LogP contribution is 2.26. The maximum atomic E-state index is 11.8. The van der Waals surface area contributed by atoms with E-state index in [9.17, 15) is 9.59 Å². The van der Waals surface area contributed by atoms with Crippen molar-refractivity contribution in [2.45, 2.75) is 6.04 Å². The van der Waals surface area contributed by atoms with E-state index < -0.39 is 6.04 Å². The Hall–Kier alpha value is -0.720. The summed E-state index contributed by atoms with van der Waals surface area (Å²) in [6.07, 6.45) is 0. The van der Waals surface area contributed by atoms with E-state index in [2.05, 4.69) is 26.6 Å². The fourth-order valence-corrected chi connectivity index (χ4v) is 2.64. The van der Waals surface area contributed by atoms with Gasteiger partial charge < -0.3 is 10.6 Å². The molecule has 0 aromatic heterocycles. The van der Waals surface area contributed by atoms with Crippen molar-refractivity contribution < 1.29 is 9.59 Å². The van der Waals surface area contributed by atoms with Crippen molar-refractivity contribution >= 4 is 56.1 Å². The average molecular weight is 336 g/mol. The van der Waals surface area contributed by atoms with E-state index in [0.717, 1.165) is 16.2 Å². The largest absolute Gasteiger partial charge is 0.334 e. The minimum absolute atomic E-state index is 0.175. The minimum atomic E-state index is -0.498. The SMILES string of the molecule is O=C1NC(C(=O)Nc2cc(Br)ccc2Cl)CS1. The van der Waals surface area contributed by atoms with E-state index in [-0.39, 0.29) is 11.1 Å². The molecule has 0 bridgehead atoms. The van der Waals surface area contributed by atoms with Gasteiger partial charge in [-0.25, -0.2) is 0 Å². The van der Waals surface area contributed by atoms with Crippen LogP contribution in [0.2, 0.25) is 5.02 Å². The zero-order valence-corrected chi connectivity index (χ0v) is 11.7. The first-order valence-corrected chi connectivity index (χ1v) is 6.91. The third-order valence-electron chi connectivity index (χ3n) is 2.18. The highest BCUT2D eigenvalue weighted by molar-refractivity contribution is 9.10. The highest BCUT2D eigenvalue weighted by Gasteiger charge is 2.28. The molecule has 0 saturated carbocycles. The van der Waals surface area contributed by atoms with Crippen molar-refractivity contribution in [1.82, 2.24) is 5.32 Å². The Labute approximate surface area is 116 Å². The van der Waals surface area contributed by atoms with Crippen molar-refractivity contribution in [3.63, 3.8) is 0 Å². The smallest absolute Gasteiger partial charge is 0.279 e. The highest BCUT2D eigenvalue weighted by atomic mass is 79.9. The maximum Gasteiger partial charge on any atom is 0.279 e. The third-order valence-corrected chi connectivity index (χ3v) is 3.88. The second-order valence-corrected chi connectivity index (χ2v) is 5.72. The normalized spacial score (nSPS) is 18.9. The Kier molecular flexibility index (Phi) is 3.96. The van der Waals surface area contributed by atoms with Gasteiger partial charge in [-0.1, -0.05) is 39.3 Å². The first kappa shape index (κ1) is 12.7. The molecule has 1 aromatic rings. The van der Waals surface area contributed by atoms with E-state index in [4.69, 9.17) is 11.6 Å². The second-order valence-electron chi connectivity index (χ2n) is 3.41. The molecule has 1 atom stereocenters. The summed E-state index contributed by atoms with van der Waals surface area (Å²) in [6.45, 7) is 0. The summed E-state index contributed by atoms with van der Waals surface area (Å²) >= 11 is 10.3. The summed E-state index contributed by atoms with van der Waals surface area (Å²) in [5.74, 6) is 0.180. The lowest BCUT2D eigenvalue weighted by atomic mass is 10.2. The molecule has 4 nitrogen and oxygen atoms in total. The van der Waals surface area contributed by atoms with Gasteiger partial charge in [0.15, 0.2) is 0 Å². The molecule has 1 aromatic carbocycles. The van der Waals surface area contributed by atoms with Gasteiger partial charge in [0.1, 0.15) is 6.04 Å². The molecule has 2 N–H and O–H groups in total. The molecule has 1 fully saturated rings. The van der Waals surface area contributed by atoms with Gasteiger partial charge in [0, 0.05) is 10.2 Å². The number of nitrogens with one attached hydrogen (secondary N) is 2. The molecule has 1 unspecified atom stereocenters. The van der Waals surface area contributed by atoms with Gasteiger partial charge in [-0.15, -0.1) is 0 Å². The number of amides is 2. The molecule has 0 aliphatic carbocycles. The fraction of sp³-hybridized carbons (Fsp3) is 0.200. The molecule has 7 heteroatoms. The first-order chi connectivity index (χ1) is 8.06. The lowest BCUT2D eigenvalue weighted by Crippen LogP contribution is -2.38. The van der Waals surface area contributed by atoms with E-state index in [1.807, 2.05) is 0 Å². The van der Waals surface area contributed by atoms with Crippen molar-refractivity contribution in [3.8, 4) is 0 Å². The van der Waals surface area contributed by atoms with Gasteiger partial charge in [0.25, 0.3) is 5.24 Å². The van der Waals surface area contributed by atoms with Crippen LogP contribution >= 0.6 is 39.3 Å². The maximum absolute atomic E-state index is 11.8. The molecule has 2 amide bonds. The van der Waals surface area contributed by atoms with E-state index >= 15 is 0 Å². The molecule has 1 aliphatic heterocycles. The lowest BCUT2D eigenvalue weighted by molar-refractivity contribution is -0.117. The predicted octanol–water partition coefficient (Wildman–Crippen LogP) is 2.87. The van der Waals surface area contributed by atoms with E-state index in [0.29, 0.717) is 16.5 Å². The lowest BCUT2D eigenvalue weighted by Gasteiger charge is -2.11. The van der Waals surface area contributed by atoms with Crippen LogP contribution in [0, 0.1) is 0 Å². The average Bonchev–Trinajstić information content (AvgIpc) is 2.70. The summed E-state index contributed by atoms with van der Waals surface area (Å²) in [5.41, 5.74) is 0.525. The molecule has 1 saturated heterocycles. The number of thioether (sulfide) groups is 1. The summed E-state index contributed by atoms with van der Waals surface area (Å²) in [4.78, 5) is 22.8. The zero-order chi connectivity index (χ0) is 12.4. The molecule has 90 valence electrons. The summed E-state index contributed by atoms with van der Waals surface area (Å²) in [6, 6.07) is 4.68. The van der Waals surface area contributed by atoms with E-state index in [1.165, 1.54) is 0 Å². The molecule has 1 heterocycles. The molecule has 2 rings (SSSR count). The molecular formula is C10H8BrClN2O2S. The third kappa shape index (κ3) is 3.14. The number of carbonyl (C=O) groups is 2. The van der Waals surface area contributed by atoms with Gasteiger partial charge in [0.05, 0.1) is 10.7 Å². The number of halogens is 2. The van der Waals surface area contributed by atoms with Gasteiger partial charge in [-0.3, -0.25) is 9.59 Å². The topological polar surface area (TPSA) is 58.2 Å². The molecule has 1 aliphatic rings. The molecule has 17 heavy (non-hydrogen) atoms. The zero-order valence-electron chi connectivity index (χ0n) is 8.50. The number of rotatable bonds is 2. The van der Waals surface area contributed by atoms with Crippen molar-refractivity contribution in [3.05, 3.63) is 27.7 Å². The van der Waals surface area contributed by atoms with Crippen LogP contribution in [-0.2, 0) is 4.79 Å². The van der Waals surface area contributed by atoms with Gasteiger partial charge in [-0.05, 0) is 18.2 Å². The first-order valence-electron chi connectivity index (χ1n) is 4.75. The van der Waals surface area contributed by atoms with E-state index in [1.54, 1.807) is 18.2 Å². The Morgan fingerprint density at radius 2 is 2.35 bits per heavy atom. The Bertz CT molecular complexity index is 483. The predicted molar refractivity (Wildman–Crippen MR) is 72.6 cm³/mol. The number of carbonyl (C=O) groups excluding carboxylic acids is 2. The van der Waals surface area contributed by atoms with Gasteiger partial charge >= 0.3 is 0 Å². The van der Waals surface area contributed by atoms with Gasteiger partial charge in [-0.2, -0.15) is 0 Å².